The lowest BCUT2D eigenvalue weighted by atomic mass is 9.96. The number of aromatic nitrogens is 3. The molecule has 130 valence electrons. The summed E-state index contributed by atoms with van der Waals surface area (Å²) in [7, 11) is 0. The van der Waals surface area contributed by atoms with Crippen molar-refractivity contribution in [1.82, 2.24) is 20.0 Å². The molecule has 0 bridgehead atoms. The Kier molecular flexibility index (Phi) is 4.03. The van der Waals surface area contributed by atoms with Gasteiger partial charge in [0.15, 0.2) is 5.82 Å². The van der Waals surface area contributed by atoms with Crippen molar-refractivity contribution >= 4 is 16.8 Å². The highest BCUT2D eigenvalue weighted by Gasteiger charge is 2.28. The average molecular weight is 338 g/mol. The first kappa shape index (κ1) is 15.9. The monoisotopic (exact) mass is 338 g/mol. The molecule has 1 fully saturated rings. The molecule has 6 nitrogen and oxygen atoms in total. The smallest absolute Gasteiger partial charge is 0.227 e. The predicted molar refractivity (Wildman–Crippen MR) is 94.3 cm³/mol. The second-order valence-electron chi connectivity index (χ2n) is 6.84. The van der Waals surface area contributed by atoms with E-state index in [0.717, 1.165) is 36.3 Å². The van der Waals surface area contributed by atoms with Gasteiger partial charge in [0.25, 0.3) is 0 Å². The van der Waals surface area contributed by atoms with Gasteiger partial charge in [-0.05, 0) is 37.0 Å². The van der Waals surface area contributed by atoms with E-state index in [-0.39, 0.29) is 11.8 Å². The molecule has 1 N–H and O–H groups in total. The molecule has 0 aliphatic carbocycles. The Balaban J connectivity index is 1.50. The fraction of sp³-hybridized carbons (Fsp3) is 0.421. The van der Waals surface area contributed by atoms with Crippen LogP contribution in [0.25, 0.3) is 10.9 Å². The number of hydrogen-bond acceptors (Lipinski definition) is 4. The van der Waals surface area contributed by atoms with Crippen molar-refractivity contribution in [2.24, 2.45) is 0 Å². The van der Waals surface area contributed by atoms with E-state index in [1.165, 1.54) is 10.9 Å². The van der Waals surface area contributed by atoms with Gasteiger partial charge in [-0.15, -0.1) is 0 Å². The summed E-state index contributed by atoms with van der Waals surface area (Å²) < 4.78 is 5.09. The third-order valence-corrected chi connectivity index (χ3v) is 5.02. The van der Waals surface area contributed by atoms with Gasteiger partial charge in [-0.3, -0.25) is 4.79 Å². The first-order valence-electron chi connectivity index (χ1n) is 8.75. The summed E-state index contributed by atoms with van der Waals surface area (Å²) in [6.07, 6.45) is 4.34. The molecule has 4 rings (SSSR count). The lowest BCUT2D eigenvalue weighted by Crippen LogP contribution is -2.40. The second kappa shape index (κ2) is 6.35. The SMILES string of the molecule is Cc1nc(C2CCCN(C(=O)Cc3c[nH]c4cccc(C)c34)C2)no1. The molecule has 1 amide bonds. The number of carbonyl (C=O) groups excluding carboxylic acids is 1. The molecule has 1 aliphatic rings. The van der Waals surface area contributed by atoms with E-state index < -0.39 is 0 Å². The zero-order valence-corrected chi connectivity index (χ0v) is 14.6. The molecular formula is C19H22N4O2. The fourth-order valence-corrected chi connectivity index (χ4v) is 3.76. The lowest BCUT2D eigenvalue weighted by molar-refractivity contribution is -0.131. The maximum Gasteiger partial charge on any atom is 0.227 e. The Morgan fingerprint density at radius 3 is 3.08 bits per heavy atom. The van der Waals surface area contributed by atoms with Crippen LogP contribution >= 0.6 is 0 Å². The maximum absolute atomic E-state index is 12.9. The number of piperidine rings is 1. The number of amides is 1. The van der Waals surface area contributed by atoms with Gasteiger partial charge in [-0.2, -0.15) is 4.98 Å². The molecule has 3 aromatic rings. The van der Waals surface area contributed by atoms with Crippen molar-refractivity contribution in [3.63, 3.8) is 0 Å². The molecule has 1 atom stereocenters. The number of carbonyl (C=O) groups is 1. The Labute approximate surface area is 146 Å². The summed E-state index contributed by atoms with van der Waals surface area (Å²) in [5.74, 6) is 1.62. The van der Waals surface area contributed by atoms with E-state index in [4.69, 9.17) is 4.52 Å². The van der Waals surface area contributed by atoms with Crippen LogP contribution in [0.2, 0.25) is 0 Å². The van der Waals surface area contributed by atoms with Crippen LogP contribution in [-0.2, 0) is 11.2 Å². The summed E-state index contributed by atoms with van der Waals surface area (Å²) >= 11 is 0. The van der Waals surface area contributed by atoms with Crippen molar-refractivity contribution in [2.45, 2.75) is 39.0 Å². The van der Waals surface area contributed by atoms with Crippen LogP contribution in [0, 0.1) is 13.8 Å². The molecule has 1 aliphatic heterocycles. The lowest BCUT2D eigenvalue weighted by Gasteiger charge is -2.31. The standard InChI is InChI=1S/C19H22N4O2/c1-12-5-3-7-16-18(12)15(10-20-16)9-17(24)23-8-4-6-14(11-23)19-21-13(2)25-22-19/h3,5,7,10,14,20H,4,6,8-9,11H2,1-2H3. The molecule has 3 heterocycles. The van der Waals surface area contributed by atoms with Crippen LogP contribution in [0.5, 0.6) is 0 Å². The van der Waals surface area contributed by atoms with Gasteiger partial charge in [-0.1, -0.05) is 17.3 Å². The van der Waals surface area contributed by atoms with Crippen molar-refractivity contribution in [3.05, 3.63) is 47.2 Å². The zero-order chi connectivity index (χ0) is 17.4. The minimum atomic E-state index is 0.161. The fourth-order valence-electron chi connectivity index (χ4n) is 3.76. The van der Waals surface area contributed by atoms with Crippen molar-refractivity contribution in [1.29, 1.82) is 0 Å². The second-order valence-corrected chi connectivity index (χ2v) is 6.84. The van der Waals surface area contributed by atoms with Gasteiger partial charge >= 0.3 is 0 Å². The van der Waals surface area contributed by atoms with Gasteiger partial charge in [-0.25, -0.2) is 0 Å². The molecular weight excluding hydrogens is 316 g/mol. The Hall–Kier alpha value is -2.63. The van der Waals surface area contributed by atoms with E-state index in [9.17, 15) is 4.79 Å². The maximum atomic E-state index is 12.9. The van der Waals surface area contributed by atoms with Crippen molar-refractivity contribution in [2.75, 3.05) is 13.1 Å². The summed E-state index contributed by atoms with van der Waals surface area (Å²) in [4.78, 5) is 22.4. The molecule has 0 saturated carbocycles. The zero-order valence-electron chi connectivity index (χ0n) is 14.6. The van der Waals surface area contributed by atoms with Crippen molar-refractivity contribution in [3.8, 4) is 0 Å². The molecule has 1 saturated heterocycles. The normalized spacial score (nSPS) is 18.0. The summed E-state index contributed by atoms with van der Waals surface area (Å²) in [5, 5.41) is 5.20. The van der Waals surface area contributed by atoms with Crippen LogP contribution in [-0.4, -0.2) is 39.0 Å². The van der Waals surface area contributed by atoms with Crippen LogP contribution in [0.15, 0.2) is 28.9 Å². The van der Waals surface area contributed by atoms with Crippen LogP contribution in [0.1, 0.15) is 41.6 Å². The average Bonchev–Trinajstić information content (AvgIpc) is 3.22. The number of rotatable bonds is 3. The van der Waals surface area contributed by atoms with Crippen LogP contribution in [0.4, 0.5) is 0 Å². The van der Waals surface area contributed by atoms with E-state index in [1.807, 2.05) is 23.2 Å². The topological polar surface area (TPSA) is 75.0 Å². The summed E-state index contributed by atoms with van der Waals surface area (Å²) in [6, 6.07) is 6.16. The van der Waals surface area contributed by atoms with Gasteiger partial charge in [0.2, 0.25) is 11.8 Å². The summed E-state index contributed by atoms with van der Waals surface area (Å²) in [6.45, 7) is 5.34. The highest BCUT2D eigenvalue weighted by atomic mass is 16.5. The quantitative estimate of drug-likeness (QED) is 0.796. The molecule has 0 spiro atoms. The molecule has 1 unspecified atom stereocenters. The third-order valence-electron chi connectivity index (χ3n) is 5.02. The minimum Gasteiger partial charge on any atom is -0.361 e. The van der Waals surface area contributed by atoms with Gasteiger partial charge < -0.3 is 14.4 Å². The third kappa shape index (κ3) is 3.04. The van der Waals surface area contributed by atoms with Gasteiger partial charge in [0, 0.05) is 43.0 Å². The van der Waals surface area contributed by atoms with E-state index in [2.05, 4.69) is 28.1 Å². The minimum absolute atomic E-state index is 0.161. The summed E-state index contributed by atoms with van der Waals surface area (Å²) in [5.41, 5.74) is 3.34. The van der Waals surface area contributed by atoms with Gasteiger partial charge in [0.1, 0.15) is 0 Å². The number of fused-ring (bicyclic) bond motifs is 1. The van der Waals surface area contributed by atoms with Crippen LogP contribution < -0.4 is 0 Å². The number of aryl methyl sites for hydroxylation is 2. The number of hydrogen-bond donors (Lipinski definition) is 1. The molecule has 25 heavy (non-hydrogen) atoms. The number of aromatic amines is 1. The number of nitrogens with one attached hydrogen (secondary N) is 1. The number of likely N-dealkylation sites (tertiary alicyclic amines) is 1. The number of H-pyrrole nitrogens is 1. The largest absolute Gasteiger partial charge is 0.361 e. The Morgan fingerprint density at radius 1 is 1.40 bits per heavy atom. The predicted octanol–water partition coefficient (Wildman–Crippen LogP) is 3.12. The van der Waals surface area contributed by atoms with Crippen molar-refractivity contribution < 1.29 is 9.32 Å². The van der Waals surface area contributed by atoms with Crippen LogP contribution in [0.3, 0.4) is 0 Å². The highest BCUT2D eigenvalue weighted by Crippen LogP contribution is 2.27. The van der Waals surface area contributed by atoms with E-state index >= 15 is 0 Å². The first-order chi connectivity index (χ1) is 12.1. The molecule has 6 heteroatoms. The number of benzene rings is 1. The molecule has 0 radical (unpaired) electrons. The van der Waals surface area contributed by atoms with Gasteiger partial charge in [0.05, 0.1) is 6.42 Å². The Morgan fingerprint density at radius 2 is 2.28 bits per heavy atom. The Bertz CT molecular complexity index is 911. The highest BCUT2D eigenvalue weighted by molar-refractivity contribution is 5.91. The number of nitrogens with zero attached hydrogens (tertiary/aromatic N) is 3. The first-order valence-corrected chi connectivity index (χ1v) is 8.75. The van der Waals surface area contributed by atoms with E-state index in [0.29, 0.717) is 18.9 Å². The molecule has 2 aromatic heterocycles. The van der Waals surface area contributed by atoms with E-state index in [1.54, 1.807) is 6.92 Å². The molecule has 1 aromatic carbocycles.